The summed E-state index contributed by atoms with van der Waals surface area (Å²) in [6.07, 6.45) is -3.55. The highest BCUT2D eigenvalue weighted by molar-refractivity contribution is 4.82. The number of hydrogen-bond acceptors (Lipinski definition) is 2. The fourth-order valence-electron chi connectivity index (χ4n) is 2.22. The van der Waals surface area contributed by atoms with Gasteiger partial charge in [0.15, 0.2) is 0 Å². The summed E-state index contributed by atoms with van der Waals surface area (Å²) >= 11 is 0. The maximum Gasteiger partial charge on any atom is 0.391 e. The van der Waals surface area contributed by atoms with Crippen molar-refractivity contribution in [2.45, 2.75) is 51.4 Å². The molecule has 0 aromatic carbocycles. The van der Waals surface area contributed by atoms with Gasteiger partial charge in [-0.25, -0.2) is 0 Å². The third-order valence-electron chi connectivity index (χ3n) is 3.54. The Morgan fingerprint density at radius 3 is 2.19 bits per heavy atom. The summed E-state index contributed by atoms with van der Waals surface area (Å²) in [6, 6.07) is -0.0424. The Morgan fingerprint density at radius 2 is 1.81 bits per heavy atom. The molecular weight excluding hydrogens is 219 g/mol. The van der Waals surface area contributed by atoms with Crippen LogP contribution in [0.5, 0.6) is 0 Å². The minimum Gasteiger partial charge on any atom is -0.392 e. The molecular formula is C11H20F3NO. The third-order valence-corrected chi connectivity index (χ3v) is 3.54. The lowest BCUT2D eigenvalue weighted by atomic mass is 9.94. The Labute approximate surface area is 94.4 Å². The summed E-state index contributed by atoms with van der Waals surface area (Å²) in [4.78, 5) is 1.95. The van der Waals surface area contributed by atoms with Crippen molar-refractivity contribution in [3.05, 3.63) is 0 Å². The lowest BCUT2D eigenvalue weighted by Gasteiger charge is -2.38. The van der Waals surface area contributed by atoms with Crippen molar-refractivity contribution >= 4 is 0 Å². The number of halogens is 3. The largest absolute Gasteiger partial charge is 0.392 e. The maximum atomic E-state index is 12.4. The first-order chi connectivity index (χ1) is 7.36. The van der Waals surface area contributed by atoms with Crippen molar-refractivity contribution < 1.29 is 18.3 Å². The predicted octanol–water partition coefficient (Wildman–Crippen LogP) is 2.42. The predicted molar refractivity (Wildman–Crippen MR) is 56.1 cm³/mol. The molecule has 0 spiro atoms. The van der Waals surface area contributed by atoms with Crippen molar-refractivity contribution in [3.63, 3.8) is 0 Å². The number of likely N-dealkylation sites (tertiary alicyclic amines) is 1. The summed E-state index contributed by atoms with van der Waals surface area (Å²) in [5.74, 6) is -1.16. The Morgan fingerprint density at radius 1 is 1.31 bits per heavy atom. The minimum absolute atomic E-state index is 0.0424. The van der Waals surface area contributed by atoms with Crippen molar-refractivity contribution in [1.82, 2.24) is 4.90 Å². The lowest BCUT2D eigenvalue weighted by molar-refractivity contribution is -0.186. The van der Waals surface area contributed by atoms with Crippen LogP contribution in [0.2, 0.25) is 0 Å². The van der Waals surface area contributed by atoms with E-state index in [1.807, 2.05) is 18.7 Å². The molecule has 5 heteroatoms. The lowest BCUT2D eigenvalue weighted by Crippen LogP contribution is -2.47. The van der Waals surface area contributed by atoms with Crippen molar-refractivity contribution in [2.75, 3.05) is 13.1 Å². The van der Waals surface area contributed by atoms with Gasteiger partial charge < -0.3 is 5.11 Å². The third kappa shape index (κ3) is 3.35. The summed E-state index contributed by atoms with van der Waals surface area (Å²) in [5.41, 5.74) is 0. The van der Waals surface area contributed by atoms with E-state index >= 15 is 0 Å². The van der Waals surface area contributed by atoms with E-state index in [1.165, 1.54) is 0 Å². The average molecular weight is 239 g/mol. The van der Waals surface area contributed by atoms with Crippen molar-refractivity contribution in [3.8, 4) is 0 Å². The van der Waals surface area contributed by atoms with Gasteiger partial charge in [0.2, 0.25) is 0 Å². The number of aliphatic hydroxyl groups is 1. The number of rotatable bonds is 3. The summed E-state index contributed by atoms with van der Waals surface area (Å²) in [7, 11) is 0. The van der Waals surface area contributed by atoms with Crippen LogP contribution in [0.15, 0.2) is 0 Å². The zero-order valence-corrected chi connectivity index (χ0v) is 9.80. The molecule has 16 heavy (non-hydrogen) atoms. The molecule has 2 nitrogen and oxygen atoms in total. The molecule has 96 valence electrons. The van der Waals surface area contributed by atoms with E-state index in [-0.39, 0.29) is 18.9 Å². The fourth-order valence-corrected chi connectivity index (χ4v) is 2.22. The van der Waals surface area contributed by atoms with E-state index in [0.29, 0.717) is 19.5 Å². The highest BCUT2D eigenvalue weighted by Crippen LogP contribution is 2.34. The molecule has 1 aliphatic rings. The second-order valence-electron chi connectivity index (χ2n) is 4.57. The van der Waals surface area contributed by atoms with Gasteiger partial charge in [-0.2, -0.15) is 13.2 Å². The summed E-state index contributed by atoms with van der Waals surface area (Å²) in [6.45, 7) is 4.62. The van der Waals surface area contributed by atoms with Crippen LogP contribution in [0.1, 0.15) is 33.1 Å². The summed E-state index contributed by atoms with van der Waals surface area (Å²) in [5, 5.41) is 9.64. The molecule has 0 aliphatic carbocycles. The van der Waals surface area contributed by atoms with Gasteiger partial charge in [-0.3, -0.25) is 4.90 Å². The molecule has 1 heterocycles. The van der Waals surface area contributed by atoms with Crippen LogP contribution in [0.4, 0.5) is 13.2 Å². The molecule has 0 amide bonds. The van der Waals surface area contributed by atoms with E-state index in [9.17, 15) is 18.3 Å². The standard InChI is InChI=1S/C11H20F3NO/c1-3-10(16)8(2)15-6-4-9(5-7-15)11(12,13)14/h8-10,16H,3-7H2,1-2H3. The Kier molecular flexibility index (Phi) is 4.62. The van der Waals surface area contributed by atoms with E-state index in [2.05, 4.69) is 0 Å². The molecule has 0 aromatic heterocycles. The zero-order chi connectivity index (χ0) is 12.3. The Hall–Kier alpha value is -0.290. The molecule has 1 rings (SSSR count). The molecule has 0 saturated carbocycles. The van der Waals surface area contributed by atoms with E-state index < -0.39 is 18.2 Å². The average Bonchev–Trinajstić information content (AvgIpc) is 2.26. The van der Waals surface area contributed by atoms with Crippen LogP contribution < -0.4 is 0 Å². The molecule has 2 atom stereocenters. The first-order valence-electron chi connectivity index (χ1n) is 5.85. The van der Waals surface area contributed by atoms with Crippen LogP contribution in [0.25, 0.3) is 0 Å². The van der Waals surface area contributed by atoms with Crippen molar-refractivity contribution in [2.24, 2.45) is 5.92 Å². The van der Waals surface area contributed by atoms with E-state index in [0.717, 1.165) is 0 Å². The SMILES string of the molecule is CCC(O)C(C)N1CCC(C(F)(F)F)CC1. The van der Waals surface area contributed by atoms with Crippen molar-refractivity contribution in [1.29, 1.82) is 0 Å². The van der Waals surface area contributed by atoms with Gasteiger partial charge in [0, 0.05) is 6.04 Å². The number of nitrogens with zero attached hydrogens (tertiary/aromatic N) is 1. The van der Waals surface area contributed by atoms with Gasteiger partial charge >= 0.3 is 6.18 Å². The first-order valence-corrected chi connectivity index (χ1v) is 5.85. The molecule has 1 fully saturated rings. The van der Waals surface area contributed by atoms with Gasteiger partial charge in [0.1, 0.15) is 0 Å². The van der Waals surface area contributed by atoms with Gasteiger partial charge in [-0.05, 0) is 39.3 Å². The van der Waals surface area contributed by atoms with Crippen LogP contribution in [-0.2, 0) is 0 Å². The normalized spacial score (nSPS) is 24.4. The highest BCUT2D eigenvalue weighted by Gasteiger charge is 2.41. The fraction of sp³-hybridized carbons (Fsp3) is 1.00. The number of alkyl halides is 3. The molecule has 1 saturated heterocycles. The molecule has 0 radical (unpaired) electrons. The second kappa shape index (κ2) is 5.36. The molecule has 0 bridgehead atoms. The number of hydrogen-bond donors (Lipinski definition) is 1. The minimum atomic E-state index is -4.06. The number of piperidine rings is 1. The van der Waals surface area contributed by atoms with Gasteiger partial charge in [0.05, 0.1) is 12.0 Å². The van der Waals surface area contributed by atoms with Crippen LogP contribution in [0, 0.1) is 5.92 Å². The molecule has 1 N–H and O–H groups in total. The zero-order valence-electron chi connectivity index (χ0n) is 9.80. The topological polar surface area (TPSA) is 23.5 Å². The maximum absolute atomic E-state index is 12.4. The van der Waals surface area contributed by atoms with Gasteiger partial charge in [-0.1, -0.05) is 6.92 Å². The smallest absolute Gasteiger partial charge is 0.391 e. The van der Waals surface area contributed by atoms with Crippen LogP contribution in [-0.4, -0.2) is 41.4 Å². The molecule has 0 aromatic rings. The van der Waals surface area contributed by atoms with Gasteiger partial charge in [0.25, 0.3) is 0 Å². The van der Waals surface area contributed by atoms with Crippen LogP contribution >= 0.6 is 0 Å². The summed E-state index contributed by atoms with van der Waals surface area (Å²) < 4.78 is 37.3. The van der Waals surface area contributed by atoms with Gasteiger partial charge in [-0.15, -0.1) is 0 Å². The van der Waals surface area contributed by atoms with Crippen LogP contribution in [0.3, 0.4) is 0 Å². The monoisotopic (exact) mass is 239 g/mol. The first kappa shape index (κ1) is 13.8. The highest BCUT2D eigenvalue weighted by atomic mass is 19.4. The second-order valence-corrected chi connectivity index (χ2v) is 4.57. The molecule has 2 unspecified atom stereocenters. The van der Waals surface area contributed by atoms with E-state index in [4.69, 9.17) is 0 Å². The quantitative estimate of drug-likeness (QED) is 0.817. The Bertz CT molecular complexity index is 212. The Balaban J connectivity index is 2.43. The molecule has 1 aliphatic heterocycles. The van der Waals surface area contributed by atoms with E-state index in [1.54, 1.807) is 0 Å². The number of aliphatic hydroxyl groups excluding tert-OH is 1.